The van der Waals surface area contributed by atoms with Gasteiger partial charge in [0.05, 0.1) is 5.41 Å². The van der Waals surface area contributed by atoms with E-state index in [2.05, 4.69) is 11.9 Å². The summed E-state index contributed by atoms with van der Waals surface area (Å²) in [5.41, 5.74) is -0.893. The highest BCUT2D eigenvalue weighted by Crippen LogP contribution is 2.24. The van der Waals surface area contributed by atoms with Crippen LogP contribution in [0.25, 0.3) is 0 Å². The second-order valence-corrected chi connectivity index (χ2v) is 4.51. The molecule has 0 aromatic rings. The Morgan fingerprint density at radius 3 is 2.31 bits per heavy atom. The zero-order chi connectivity index (χ0) is 10.1. The smallest absolute Gasteiger partial charge is 0.312 e. The van der Waals surface area contributed by atoms with Gasteiger partial charge in [0, 0.05) is 13.1 Å². The Kier molecular flexibility index (Phi) is 2.48. The Balaban J connectivity index is 2.57. The topological polar surface area (TPSA) is 38.3 Å². The van der Waals surface area contributed by atoms with Crippen molar-refractivity contribution in [2.75, 3.05) is 13.1 Å². The molecule has 0 spiro atoms. The summed E-state index contributed by atoms with van der Waals surface area (Å²) < 4.78 is 5.37. The number of carbonyl (C=O) groups excluding carboxylic acids is 1. The summed E-state index contributed by atoms with van der Waals surface area (Å²) in [6.07, 6.45) is 1.70. The lowest BCUT2D eigenvalue weighted by Gasteiger charge is -2.40. The van der Waals surface area contributed by atoms with Crippen molar-refractivity contribution < 1.29 is 9.53 Å². The highest BCUT2D eigenvalue weighted by atomic mass is 16.6. The third-order valence-electron chi connectivity index (χ3n) is 2.13. The van der Waals surface area contributed by atoms with Crippen LogP contribution >= 0.6 is 0 Å². The van der Waals surface area contributed by atoms with Crippen molar-refractivity contribution in [3.63, 3.8) is 0 Å². The van der Waals surface area contributed by atoms with E-state index in [1.165, 1.54) is 0 Å². The average molecular weight is 183 g/mol. The molecule has 13 heavy (non-hydrogen) atoms. The van der Waals surface area contributed by atoms with Crippen molar-refractivity contribution in [3.8, 4) is 0 Å². The molecule has 0 bridgehead atoms. The molecule has 1 aliphatic heterocycles. The van der Waals surface area contributed by atoms with Crippen molar-refractivity contribution in [1.29, 1.82) is 0 Å². The molecule has 1 saturated heterocycles. The Morgan fingerprint density at radius 2 is 2.08 bits per heavy atom. The quantitative estimate of drug-likeness (QED) is 0.514. The van der Waals surface area contributed by atoms with Gasteiger partial charge in [-0.1, -0.05) is 6.58 Å². The van der Waals surface area contributed by atoms with Crippen molar-refractivity contribution in [2.45, 2.75) is 26.4 Å². The van der Waals surface area contributed by atoms with E-state index in [1.54, 1.807) is 6.08 Å². The number of ether oxygens (including phenoxy) is 1. The summed E-state index contributed by atoms with van der Waals surface area (Å²) in [5.74, 6) is -0.172. The third kappa shape index (κ3) is 2.10. The molecule has 0 radical (unpaired) electrons. The molecule has 3 heteroatoms. The summed E-state index contributed by atoms with van der Waals surface area (Å²) >= 11 is 0. The molecule has 74 valence electrons. The van der Waals surface area contributed by atoms with Crippen LogP contribution < -0.4 is 5.32 Å². The van der Waals surface area contributed by atoms with E-state index >= 15 is 0 Å². The van der Waals surface area contributed by atoms with Crippen LogP contribution in [0.15, 0.2) is 12.7 Å². The van der Waals surface area contributed by atoms with Crippen molar-refractivity contribution in [1.82, 2.24) is 5.32 Å². The summed E-state index contributed by atoms with van der Waals surface area (Å²) in [4.78, 5) is 11.5. The molecule has 1 aliphatic rings. The first-order valence-corrected chi connectivity index (χ1v) is 4.47. The molecule has 1 N–H and O–H groups in total. The molecular formula is C10H17NO2. The minimum Gasteiger partial charge on any atom is -0.452 e. The van der Waals surface area contributed by atoms with Gasteiger partial charge in [-0.15, -0.1) is 0 Å². The predicted molar refractivity (Wildman–Crippen MR) is 51.3 cm³/mol. The van der Waals surface area contributed by atoms with E-state index in [0.717, 1.165) is 0 Å². The zero-order valence-corrected chi connectivity index (χ0v) is 8.52. The lowest BCUT2D eigenvalue weighted by atomic mass is 9.93. The Morgan fingerprint density at radius 1 is 1.54 bits per heavy atom. The third-order valence-corrected chi connectivity index (χ3v) is 2.13. The molecule has 1 rings (SSSR count). The molecule has 0 aromatic heterocycles. The molecule has 0 amide bonds. The fourth-order valence-corrected chi connectivity index (χ4v) is 0.967. The molecule has 0 saturated carbocycles. The van der Waals surface area contributed by atoms with Crippen LogP contribution in [0.4, 0.5) is 0 Å². The predicted octanol–water partition coefficient (Wildman–Crippen LogP) is 1.10. The van der Waals surface area contributed by atoms with Crippen LogP contribution in [0.1, 0.15) is 20.8 Å². The summed E-state index contributed by atoms with van der Waals surface area (Å²) in [6, 6.07) is 0. The van der Waals surface area contributed by atoms with Gasteiger partial charge in [0.2, 0.25) is 0 Å². The Hall–Kier alpha value is -0.830. The summed E-state index contributed by atoms with van der Waals surface area (Å²) in [5, 5.41) is 3.06. The summed E-state index contributed by atoms with van der Waals surface area (Å²) in [7, 11) is 0. The normalized spacial score (nSPS) is 20.2. The van der Waals surface area contributed by atoms with E-state index < -0.39 is 11.0 Å². The van der Waals surface area contributed by atoms with Crippen LogP contribution in [-0.4, -0.2) is 24.7 Å². The molecule has 0 aromatic carbocycles. The Labute approximate surface area is 79.2 Å². The summed E-state index contributed by atoms with van der Waals surface area (Å²) in [6.45, 7) is 10.6. The van der Waals surface area contributed by atoms with E-state index in [4.69, 9.17) is 4.74 Å². The number of hydrogen-bond donors (Lipinski definition) is 1. The van der Waals surface area contributed by atoms with Crippen LogP contribution in [0, 0.1) is 5.41 Å². The average Bonchev–Trinajstić information content (AvgIpc) is 1.94. The van der Waals surface area contributed by atoms with Gasteiger partial charge in [0.15, 0.2) is 5.60 Å². The van der Waals surface area contributed by atoms with E-state index in [9.17, 15) is 4.79 Å². The Bertz CT molecular complexity index is 224. The SMILES string of the molecule is C=CC1(OC(=O)C(C)(C)C)CNC1. The molecule has 1 fully saturated rings. The highest BCUT2D eigenvalue weighted by Gasteiger charge is 2.40. The highest BCUT2D eigenvalue weighted by molar-refractivity contribution is 5.76. The lowest BCUT2D eigenvalue weighted by Crippen LogP contribution is -2.61. The molecule has 0 unspecified atom stereocenters. The van der Waals surface area contributed by atoms with Crippen molar-refractivity contribution in [2.24, 2.45) is 5.41 Å². The number of hydrogen-bond acceptors (Lipinski definition) is 3. The standard InChI is InChI=1S/C10H17NO2/c1-5-10(6-11-7-10)13-8(12)9(2,3)4/h5,11H,1,6-7H2,2-4H3. The van der Waals surface area contributed by atoms with Gasteiger partial charge in [0.25, 0.3) is 0 Å². The van der Waals surface area contributed by atoms with E-state index in [1.807, 2.05) is 20.8 Å². The monoisotopic (exact) mass is 183 g/mol. The van der Waals surface area contributed by atoms with Gasteiger partial charge in [-0.2, -0.15) is 0 Å². The first-order chi connectivity index (χ1) is 5.90. The van der Waals surface area contributed by atoms with Gasteiger partial charge in [-0.05, 0) is 26.8 Å². The first kappa shape index (κ1) is 10.3. The minimum absolute atomic E-state index is 0.172. The fourth-order valence-electron chi connectivity index (χ4n) is 0.967. The molecular weight excluding hydrogens is 166 g/mol. The molecule has 1 heterocycles. The number of esters is 1. The van der Waals surface area contributed by atoms with Crippen LogP contribution in [0.5, 0.6) is 0 Å². The molecule has 3 nitrogen and oxygen atoms in total. The second kappa shape index (κ2) is 3.14. The van der Waals surface area contributed by atoms with Gasteiger partial charge in [-0.25, -0.2) is 0 Å². The van der Waals surface area contributed by atoms with Crippen LogP contribution in [-0.2, 0) is 9.53 Å². The number of rotatable bonds is 2. The number of carbonyl (C=O) groups is 1. The largest absolute Gasteiger partial charge is 0.452 e. The zero-order valence-electron chi connectivity index (χ0n) is 8.52. The van der Waals surface area contributed by atoms with E-state index in [0.29, 0.717) is 13.1 Å². The fraction of sp³-hybridized carbons (Fsp3) is 0.700. The maximum atomic E-state index is 11.5. The molecule has 0 atom stereocenters. The van der Waals surface area contributed by atoms with Crippen LogP contribution in [0.2, 0.25) is 0 Å². The van der Waals surface area contributed by atoms with Crippen molar-refractivity contribution >= 4 is 5.97 Å². The van der Waals surface area contributed by atoms with Gasteiger partial charge < -0.3 is 10.1 Å². The van der Waals surface area contributed by atoms with Crippen LogP contribution in [0.3, 0.4) is 0 Å². The lowest BCUT2D eigenvalue weighted by molar-refractivity contribution is -0.168. The van der Waals surface area contributed by atoms with Crippen molar-refractivity contribution in [3.05, 3.63) is 12.7 Å². The molecule has 0 aliphatic carbocycles. The van der Waals surface area contributed by atoms with E-state index in [-0.39, 0.29) is 5.97 Å². The van der Waals surface area contributed by atoms with Gasteiger partial charge in [-0.3, -0.25) is 4.79 Å². The number of nitrogens with one attached hydrogen (secondary N) is 1. The first-order valence-electron chi connectivity index (χ1n) is 4.47. The van der Waals surface area contributed by atoms with Gasteiger partial charge in [0.1, 0.15) is 0 Å². The maximum absolute atomic E-state index is 11.5. The minimum atomic E-state index is -0.454. The van der Waals surface area contributed by atoms with Gasteiger partial charge >= 0.3 is 5.97 Å². The maximum Gasteiger partial charge on any atom is 0.312 e. The second-order valence-electron chi connectivity index (χ2n) is 4.51.